The monoisotopic (exact) mass is 400 g/mol. The smallest absolute Gasteiger partial charge is 0.341 e. The van der Waals surface area contributed by atoms with Crippen LogP contribution in [0, 0.1) is 17.8 Å². The number of benzene rings is 2. The van der Waals surface area contributed by atoms with Gasteiger partial charge in [0.2, 0.25) is 0 Å². The zero-order valence-electron chi connectivity index (χ0n) is 13.8. The fourth-order valence-corrected chi connectivity index (χ4v) is 3.13. The number of carbonyl (C=O) groups is 1. The second kappa shape index (κ2) is 8.87. The molecule has 0 unspecified atom stereocenters. The minimum absolute atomic E-state index is 0. The van der Waals surface area contributed by atoms with Crippen molar-refractivity contribution in [2.24, 2.45) is 5.92 Å². The van der Waals surface area contributed by atoms with E-state index in [1.807, 2.05) is 12.1 Å². The Morgan fingerprint density at radius 3 is 2.42 bits per heavy atom. The minimum atomic E-state index is -0.544. The molecule has 0 spiro atoms. The number of esters is 1. The van der Waals surface area contributed by atoms with Crippen LogP contribution in [0.1, 0.15) is 54.4 Å². The summed E-state index contributed by atoms with van der Waals surface area (Å²) in [6.07, 6.45) is 4.96. The molecule has 1 fully saturated rings. The van der Waals surface area contributed by atoms with E-state index >= 15 is 0 Å². The van der Waals surface area contributed by atoms with Crippen molar-refractivity contribution in [1.29, 1.82) is 0 Å². The van der Waals surface area contributed by atoms with Crippen LogP contribution in [0.4, 0.5) is 4.39 Å². The summed E-state index contributed by atoms with van der Waals surface area (Å²) >= 11 is 0. The standard InChI is InChI=1S/C20H20FO2.Y/c1-14-5-7-15(8-6-14)16-9-11-17(12-10-16)20(22)23-19-4-2-3-18(21)13-19;/h2,4,9-15H,5-8H2,1H3;/q-1;. The third kappa shape index (κ3) is 4.97. The zero-order valence-corrected chi connectivity index (χ0v) is 16.6. The van der Waals surface area contributed by atoms with E-state index in [0.717, 1.165) is 12.0 Å². The minimum Gasteiger partial charge on any atom is -0.450 e. The summed E-state index contributed by atoms with van der Waals surface area (Å²) in [6, 6.07) is 14.0. The van der Waals surface area contributed by atoms with Crippen LogP contribution < -0.4 is 4.74 Å². The molecule has 24 heavy (non-hydrogen) atoms. The van der Waals surface area contributed by atoms with Gasteiger partial charge in [-0.3, -0.25) is 0 Å². The van der Waals surface area contributed by atoms with Crippen LogP contribution in [0.3, 0.4) is 0 Å². The molecule has 2 aromatic carbocycles. The van der Waals surface area contributed by atoms with Gasteiger partial charge in [-0.2, -0.15) is 6.07 Å². The molecule has 3 rings (SSSR count). The molecule has 0 atom stereocenters. The zero-order chi connectivity index (χ0) is 16.2. The maximum atomic E-state index is 13.1. The van der Waals surface area contributed by atoms with Gasteiger partial charge >= 0.3 is 5.97 Å². The van der Waals surface area contributed by atoms with Crippen molar-refractivity contribution in [3.63, 3.8) is 0 Å². The molecule has 2 aromatic rings. The molecule has 123 valence electrons. The van der Waals surface area contributed by atoms with Crippen LogP contribution in [-0.4, -0.2) is 5.97 Å². The van der Waals surface area contributed by atoms with E-state index in [-0.39, 0.29) is 38.5 Å². The van der Waals surface area contributed by atoms with Gasteiger partial charge in [0, 0.05) is 44.3 Å². The van der Waals surface area contributed by atoms with Gasteiger partial charge in [0.1, 0.15) is 0 Å². The maximum Gasteiger partial charge on any atom is 0.341 e. The molecule has 4 heteroatoms. The fraction of sp³-hybridized carbons (Fsp3) is 0.350. The molecule has 0 N–H and O–H groups in total. The molecule has 0 aromatic heterocycles. The third-order valence-corrected chi connectivity index (χ3v) is 4.58. The fourth-order valence-electron chi connectivity index (χ4n) is 3.13. The molecule has 0 heterocycles. The third-order valence-electron chi connectivity index (χ3n) is 4.58. The van der Waals surface area contributed by atoms with E-state index in [1.54, 1.807) is 12.1 Å². The molecular formula is C20H20FO2Y-. The van der Waals surface area contributed by atoms with Crippen molar-refractivity contribution in [2.45, 2.75) is 38.5 Å². The van der Waals surface area contributed by atoms with Crippen LogP contribution in [0.15, 0.2) is 42.5 Å². The summed E-state index contributed by atoms with van der Waals surface area (Å²) in [6.45, 7) is 2.31. The van der Waals surface area contributed by atoms with E-state index in [9.17, 15) is 9.18 Å². The van der Waals surface area contributed by atoms with Crippen LogP contribution in [-0.2, 0) is 32.7 Å². The van der Waals surface area contributed by atoms with Crippen LogP contribution >= 0.6 is 0 Å². The first-order valence-corrected chi connectivity index (χ1v) is 8.11. The van der Waals surface area contributed by atoms with E-state index < -0.39 is 11.8 Å². The van der Waals surface area contributed by atoms with Crippen molar-refractivity contribution in [3.05, 3.63) is 65.5 Å². The molecule has 1 saturated carbocycles. The van der Waals surface area contributed by atoms with Gasteiger partial charge in [0.05, 0.1) is 5.56 Å². The van der Waals surface area contributed by atoms with Crippen molar-refractivity contribution in [3.8, 4) is 5.75 Å². The summed E-state index contributed by atoms with van der Waals surface area (Å²) in [5.41, 5.74) is 1.76. The maximum absolute atomic E-state index is 13.1. The van der Waals surface area contributed by atoms with Gasteiger partial charge in [-0.15, -0.1) is 12.1 Å². The Labute approximate surface area is 167 Å². The molecule has 0 saturated heterocycles. The number of hydrogen-bond acceptors (Lipinski definition) is 2. The van der Waals surface area contributed by atoms with Crippen molar-refractivity contribution >= 4 is 5.97 Å². The molecule has 0 aliphatic heterocycles. The Kier molecular flexibility index (Phi) is 7.12. The van der Waals surface area contributed by atoms with Crippen LogP contribution in [0.25, 0.3) is 0 Å². The Bertz CT molecular complexity index is 676. The predicted molar refractivity (Wildman–Crippen MR) is 87.0 cm³/mol. The summed E-state index contributed by atoms with van der Waals surface area (Å²) in [5, 5.41) is 0. The Balaban J connectivity index is 0.00000208. The summed E-state index contributed by atoms with van der Waals surface area (Å²) in [5.74, 6) is 0.590. The molecule has 0 amide bonds. The van der Waals surface area contributed by atoms with Gasteiger partial charge in [-0.25, -0.2) is 9.18 Å². The number of hydrogen-bond donors (Lipinski definition) is 0. The normalized spacial score (nSPS) is 20.1. The topological polar surface area (TPSA) is 26.3 Å². The van der Waals surface area contributed by atoms with Gasteiger partial charge in [0.25, 0.3) is 0 Å². The van der Waals surface area contributed by atoms with E-state index in [0.29, 0.717) is 11.5 Å². The summed E-state index contributed by atoms with van der Waals surface area (Å²) in [4.78, 5) is 12.1. The SMILES string of the molecule is CC1CCC(c2ccc(C(=O)Oc3cc[c-]c(F)c3)cc2)CC1.[Y]. The molecule has 1 aliphatic carbocycles. The molecule has 1 radical (unpaired) electrons. The molecular weight excluding hydrogens is 380 g/mol. The second-order valence-corrected chi connectivity index (χ2v) is 6.34. The van der Waals surface area contributed by atoms with Crippen molar-refractivity contribution in [2.75, 3.05) is 0 Å². The number of halogens is 1. The second-order valence-electron chi connectivity index (χ2n) is 6.34. The number of rotatable bonds is 3. The Hall–Kier alpha value is -1.06. The predicted octanol–water partition coefficient (Wildman–Crippen LogP) is 5.14. The average Bonchev–Trinajstić information content (AvgIpc) is 2.56. The largest absolute Gasteiger partial charge is 0.450 e. The molecule has 1 aliphatic rings. The van der Waals surface area contributed by atoms with Crippen molar-refractivity contribution < 1.29 is 46.6 Å². The van der Waals surface area contributed by atoms with Gasteiger partial charge in [0.15, 0.2) is 0 Å². The first kappa shape index (κ1) is 19.3. The van der Waals surface area contributed by atoms with Gasteiger partial charge in [-0.05, 0) is 42.4 Å². The molecule has 0 bridgehead atoms. The number of ether oxygens (including phenoxy) is 1. The van der Waals surface area contributed by atoms with Gasteiger partial charge < -0.3 is 4.74 Å². The van der Waals surface area contributed by atoms with Gasteiger partial charge in [-0.1, -0.05) is 38.0 Å². The van der Waals surface area contributed by atoms with E-state index in [4.69, 9.17) is 4.74 Å². The van der Waals surface area contributed by atoms with Crippen LogP contribution in [0.5, 0.6) is 5.75 Å². The first-order valence-electron chi connectivity index (χ1n) is 8.11. The van der Waals surface area contributed by atoms with Crippen LogP contribution in [0.2, 0.25) is 0 Å². The average molecular weight is 400 g/mol. The first-order chi connectivity index (χ1) is 11.1. The summed E-state index contributed by atoms with van der Waals surface area (Å²) in [7, 11) is 0. The Morgan fingerprint density at radius 2 is 1.79 bits per heavy atom. The van der Waals surface area contributed by atoms with E-state index in [1.165, 1.54) is 43.4 Å². The Morgan fingerprint density at radius 1 is 1.12 bits per heavy atom. The number of carbonyl (C=O) groups excluding carboxylic acids is 1. The molecule has 2 nitrogen and oxygen atoms in total. The quantitative estimate of drug-likeness (QED) is 0.405. The van der Waals surface area contributed by atoms with Crippen molar-refractivity contribution in [1.82, 2.24) is 0 Å². The van der Waals surface area contributed by atoms with E-state index in [2.05, 4.69) is 13.0 Å². The summed E-state index contributed by atoms with van der Waals surface area (Å²) < 4.78 is 18.2.